The first-order chi connectivity index (χ1) is 4.33. The smallest absolute Gasteiger partial charge is 0.154 e. The highest BCUT2D eigenvalue weighted by atomic mass is 16.5. The van der Waals surface area contributed by atoms with Crippen LogP contribution >= 0.6 is 0 Å². The summed E-state index contributed by atoms with van der Waals surface area (Å²) in [5.74, 6) is 0.961. The molecule has 0 radical (unpaired) electrons. The minimum absolute atomic E-state index is 0.696. The fourth-order valence-corrected chi connectivity index (χ4v) is 1.50. The molecule has 0 amide bonds. The lowest BCUT2D eigenvalue weighted by Crippen LogP contribution is -2.21. The molecular weight excluding hydrogens is 112 g/mol. The van der Waals surface area contributed by atoms with Gasteiger partial charge in [0.25, 0.3) is 0 Å². The van der Waals surface area contributed by atoms with Gasteiger partial charge in [0, 0.05) is 12.8 Å². The van der Waals surface area contributed by atoms with Crippen molar-refractivity contribution in [2.75, 3.05) is 7.11 Å². The van der Waals surface area contributed by atoms with Crippen LogP contribution in [0, 0.1) is 5.92 Å². The predicted molar refractivity (Wildman–Crippen MR) is 39.6 cm³/mol. The second kappa shape index (κ2) is 3.21. The summed E-state index contributed by atoms with van der Waals surface area (Å²) in [6.45, 7) is 2.34. The molecule has 0 atom stereocenters. The lowest BCUT2D eigenvalue weighted by Gasteiger charge is -2.21. The van der Waals surface area contributed by atoms with Crippen molar-refractivity contribution in [1.82, 2.24) is 0 Å². The van der Waals surface area contributed by atoms with Crippen LogP contribution in [0.5, 0.6) is 0 Å². The van der Waals surface area contributed by atoms with Gasteiger partial charge in [-0.05, 0) is 18.8 Å². The van der Waals surface area contributed by atoms with E-state index >= 15 is 0 Å². The standard InChI is InChI=1S/C8H16O/c1-7-3-5-8(9-2)6-4-7/h7-8H,3-6H2,1-2H3/p+1. The lowest BCUT2D eigenvalue weighted by atomic mass is 9.89. The summed E-state index contributed by atoms with van der Waals surface area (Å²) in [5, 5.41) is 0. The van der Waals surface area contributed by atoms with Gasteiger partial charge in [0.2, 0.25) is 0 Å². The summed E-state index contributed by atoms with van der Waals surface area (Å²) in [6.07, 6.45) is 6.14. The van der Waals surface area contributed by atoms with Crippen LogP contribution in [0.2, 0.25) is 0 Å². The molecule has 1 rings (SSSR count). The van der Waals surface area contributed by atoms with E-state index in [-0.39, 0.29) is 0 Å². The van der Waals surface area contributed by atoms with Crippen LogP contribution < -0.4 is 0 Å². The maximum Gasteiger partial charge on any atom is 0.154 e. The third-order valence-corrected chi connectivity index (χ3v) is 2.35. The van der Waals surface area contributed by atoms with Gasteiger partial charge in [-0.1, -0.05) is 6.92 Å². The summed E-state index contributed by atoms with van der Waals surface area (Å²) in [5.41, 5.74) is 0. The SMILES string of the molecule is C[OH+]C1CCC(C)CC1. The van der Waals surface area contributed by atoms with E-state index in [0.717, 1.165) is 5.92 Å². The first-order valence-corrected chi connectivity index (χ1v) is 3.92. The number of ether oxygens (including phenoxy) is 1. The van der Waals surface area contributed by atoms with E-state index in [1.54, 1.807) is 0 Å². The third kappa shape index (κ3) is 1.98. The highest BCUT2D eigenvalue weighted by molar-refractivity contribution is 4.68. The number of aliphatic hydroxyl groups is 2. The minimum atomic E-state index is 0.696. The molecule has 0 saturated heterocycles. The summed E-state index contributed by atoms with van der Waals surface area (Å²) in [7, 11) is 1.95. The zero-order valence-corrected chi connectivity index (χ0v) is 6.43. The maximum atomic E-state index is 4.28. The average molecular weight is 129 g/mol. The van der Waals surface area contributed by atoms with Crippen LogP contribution in [-0.4, -0.2) is 18.0 Å². The van der Waals surface area contributed by atoms with Crippen LogP contribution in [0.25, 0.3) is 0 Å². The lowest BCUT2D eigenvalue weighted by molar-refractivity contribution is -0.0825. The summed E-state index contributed by atoms with van der Waals surface area (Å²) < 4.78 is 4.28. The molecule has 1 fully saturated rings. The van der Waals surface area contributed by atoms with Gasteiger partial charge in [-0.15, -0.1) is 0 Å². The van der Waals surface area contributed by atoms with E-state index in [0.29, 0.717) is 6.10 Å². The van der Waals surface area contributed by atoms with Crippen LogP contribution in [0.1, 0.15) is 32.6 Å². The second-order valence-corrected chi connectivity index (χ2v) is 3.17. The monoisotopic (exact) mass is 129 g/mol. The van der Waals surface area contributed by atoms with Crippen LogP contribution in [0.3, 0.4) is 0 Å². The molecule has 0 aromatic heterocycles. The largest absolute Gasteiger partial charge is 0.434 e. The molecule has 1 aliphatic rings. The number of hydrogen-bond donors (Lipinski definition) is 0. The molecule has 54 valence electrons. The Balaban J connectivity index is 2.18. The summed E-state index contributed by atoms with van der Waals surface area (Å²) in [4.78, 5) is 0. The Labute approximate surface area is 57.4 Å². The Morgan fingerprint density at radius 2 is 1.67 bits per heavy atom. The van der Waals surface area contributed by atoms with E-state index in [4.69, 9.17) is 0 Å². The fourth-order valence-electron chi connectivity index (χ4n) is 1.50. The quantitative estimate of drug-likeness (QED) is 0.478. The van der Waals surface area contributed by atoms with Gasteiger partial charge in [0.1, 0.15) is 7.11 Å². The molecular formula is C8H17O+. The maximum absolute atomic E-state index is 4.28. The molecule has 0 bridgehead atoms. The fraction of sp³-hybridized carbons (Fsp3) is 1.00. The number of hydrogen-bond acceptors (Lipinski definition) is 0. The molecule has 1 aliphatic carbocycles. The van der Waals surface area contributed by atoms with Crippen LogP contribution in [0.4, 0.5) is 0 Å². The molecule has 1 nitrogen and oxygen atoms in total. The van der Waals surface area contributed by atoms with Crippen molar-refractivity contribution in [2.45, 2.75) is 38.7 Å². The topological polar surface area (TPSA) is 12.8 Å². The molecule has 0 aromatic carbocycles. The molecule has 9 heavy (non-hydrogen) atoms. The minimum Gasteiger partial charge on any atom is -0.434 e. The van der Waals surface area contributed by atoms with Crippen LogP contribution in [0.15, 0.2) is 0 Å². The van der Waals surface area contributed by atoms with Gasteiger partial charge in [-0.2, -0.15) is 0 Å². The van der Waals surface area contributed by atoms with Gasteiger partial charge in [0.05, 0.1) is 0 Å². The van der Waals surface area contributed by atoms with Crippen molar-refractivity contribution in [3.63, 3.8) is 0 Å². The molecule has 0 aromatic rings. The van der Waals surface area contributed by atoms with Gasteiger partial charge >= 0.3 is 0 Å². The zero-order valence-electron chi connectivity index (χ0n) is 6.43. The van der Waals surface area contributed by atoms with Crippen molar-refractivity contribution >= 4 is 0 Å². The first kappa shape index (κ1) is 7.07. The van der Waals surface area contributed by atoms with Gasteiger partial charge in [-0.3, -0.25) is 0 Å². The van der Waals surface area contributed by atoms with Crippen molar-refractivity contribution in [3.05, 3.63) is 0 Å². The Hall–Kier alpha value is -0.0400. The zero-order chi connectivity index (χ0) is 6.69. The second-order valence-electron chi connectivity index (χ2n) is 3.17. The van der Waals surface area contributed by atoms with Crippen LogP contribution in [-0.2, 0) is 0 Å². The van der Waals surface area contributed by atoms with E-state index < -0.39 is 0 Å². The van der Waals surface area contributed by atoms with Crippen molar-refractivity contribution in [2.24, 2.45) is 5.92 Å². The van der Waals surface area contributed by atoms with E-state index in [1.165, 1.54) is 25.7 Å². The Bertz CT molecular complexity index is 72.6. The first-order valence-electron chi connectivity index (χ1n) is 3.92. The average Bonchev–Trinajstić information content (AvgIpc) is 1.90. The van der Waals surface area contributed by atoms with Crippen molar-refractivity contribution in [3.8, 4) is 0 Å². The highest BCUT2D eigenvalue weighted by Crippen LogP contribution is 2.23. The number of rotatable bonds is 1. The van der Waals surface area contributed by atoms with E-state index in [9.17, 15) is 0 Å². The Kier molecular flexibility index (Phi) is 2.52. The summed E-state index contributed by atoms with van der Waals surface area (Å²) >= 11 is 0. The Morgan fingerprint density at radius 1 is 1.11 bits per heavy atom. The summed E-state index contributed by atoms with van der Waals surface area (Å²) in [6, 6.07) is 0. The molecule has 0 spiro atoms. The highest BCUT2D eigenvalue weighted by Gasteiger charge is 2.20. The molecule has 1 saturated carbocycles. The van der Waals surface area contributed by atoms with Gasteiger partial charge in [-0.25, -0.2) is 0 Å². The van der Waals surface area contributed by atoms with Crippen molar-refractivity contribution in [1.29, 1.82) is 0 Å². The van der Waals surface area contributed by atoms with Gasteiger partial charge in [0.15, 0.2) is 6.10 Å². The third-order valence-electron chi connectivity index (χ3n) is 2.35. The Morgan fingerprint density at radius 3 is 2.11 bits per heavy atom. The van der Waals surface area contributed by atoms with E-state index in [2.05, 4.69) is 11.7 Å². The normalized spacial score (nSPS) is 36.7. The molecule has 0 unspecified atom stereocenters. The molecule has 1 N–H and O–H groups in total. The molecule has 1 heteroatoms. The molecule has 0 heterocycles. The van der Waals surface area contributed by atoms with Gasteiger partial charge < -0.3 is 4.74 Å². The molecule has 0 aliphatic heterocycles. The van der Waals surface area contributed by atoms with E-state index in [1.807, 2.05) is 7.11 Å². The predicted octanol–water partition coefficient (Wildman–Crippen LogP) is 1.72. The van der Waals surface area contributed by atoms with Crippen molar-refractivity contribution < 1.29 is 4.74 Å².